The molecule has 35 heavy (non-hydrogen) atoms. The summed E-state index contributed by atoms with van der Waals surface area (Å²) in [5.41, 5.74) is 1.60. The van der Waals surface area contributed by atoms with Crippen LogP contribution in [-0.4, -0.2) is 17.6 Å². The molecule has 1 saturated heterocycles. The summed E-state index contributed by atoms with van der Waals surface area (Å²) in [6.45, 7) is 0. The largest absolute Gasteiger partial charge is 0.438 e. The average Bonchev–Trinajstić information content (AvgIpc) is 3.37. The number of ketones is 1. The maximum absolute atomic E-state index is 13.7. The van der Waals surface area contributed by atoms with Crippen molar-refractivity contribution in [3.63, 3.8) is 0 Å². The average molecular weight is 457 g/mol. The van der Waals surface area contributed by atoms with Crippen LogP contribution in [0.5, 0.6) is 0 Å². The first-order valence-corrected chi connectivity index (χ1v) is 11.3. The number of fused-ring (bicyclic) bond motifs is 1. The Morgan fingerprint density at radius 3 is 1.83 bits per heavy atom. The third-order valence-corrected chi connectivity index (χ3v) is 6.29. The molecule has 2 aliphatic rings. The van der Waals surface area contributed by atoms with E-state index in [-0.39, 0.29) is 11.5 Å². The molecule has 6 rings (SSSR count). The van der Waals surface area contributed by atoms with E-state index in [1.54, 1.807) is 0 Å². The van der Waals surface area contributed by atoms with E-state index in [2.05, 4.69) is 0 Å². The topological polar surface area (TPSA) is 59.0 Å². The second-order valence-electron chi connectivity index (χ2n) is 8.31. The quantitative estimate of drug-likeness (QED) is 0.372. The SMILES string of the molecule is O=C1C(=O)N(c2ccccc2)C2(c3ccccc3)C(=Nc3ccccc3)OC(c3ccccc3)=C12. The Bertz CT molecular complexity index is 1480. The normalized spacial score (nSPS) is 20.3. The molecule has 1 unspecified atom stereocenters. The van der Waals surface area contributed by atoms with Gasteiger partial charge in [-0.2, -0.15) is 0 Å². The lowest BCUT2D eigenvalue weighted by molar-refractivity contribution is -0.132. The molecule has 0 aliphatic carbocycles. The molecule has 0 radical (unpaired) electrons. The second-order valence-corrected chi connectivity index (χ2v) is 8.31. The maximum Gasteiger partial charge on any atom is 0.300 e. The van der Waals surface area contributed by atoms with Crippen molar-refractivity contribution in [3.8, 4) is 0 Å². The first-order chi connectivity index (χ1) is 17.2. The third kappa shape index (κ3) is 3.13. The van der Waals surface area contributed by atoms with Gasteiger partial charge in [0.2, 0.25) is 5.90 Å². The van der Waals surface area contributed by atoms with E-state index in [1.165, 1.54) is 4.90 Å². The number of nitrogens with zero attached hydrogens (tertiary/aromatic N) is 2. The van der Waals surface area contributed by atoms with Crippen molar-refractivity contribution in [3.05, 3.63) is 138 Å². The van der Waals surface area contributed by atoms with Crippen LogP contribution >= 0.6 is 0 Å². The summed E-state index contributed by atoms with van der Waals surface area (Å²) in [5, 5.41) is 0. The number of carbonyl (C=O) groups is 2. The highest BCUT2D eigenvalue weighted by atomic mass is 16.5. The molecule has 168 valence electrons. The van der Waals surface area contributed by atoms with Crippen molar-refractivity contribution in [1.82, 2.24) is 0 Å². The van der Waals surface area contributed by atoms with Crippen LogP contribution in [0.2, 0.25) is 0 Å². The predicted molar refractivity (Wildman–Crippen MR) is 135 cm³/mol. The highest BCUT2D eigenvalue weighted by Crippen LogP contribution is 2.54. The molecule has 1 atom stereocenters. The van der Waals surface area contributed by atoms with Crippen LogP contribution in [-0.2, 0) is 19.9 Å². The van der Waals surface area contributed by atoms with Crippen LogP contribution in [0.15, 0.2) is 132 Å². The van der Waals surface area contributed by atoms with Gasteiger partial charge < -0.3 is 4.74 Å². The van der Waals surface area contributed by atoms with E-state index < -0.39 is 17.2 Å². The van der Waals surface area contributed by atoms with Crippen LogP contribution in [0, 0.1) is 0 Å². The Morgan fingerprint density at radius 2 is 1.20 bits per heavy atom. The number of Topliss-reactive ketones (excluding diaryl/α,β-unsaturated/α-hetero) is 1. The predicted octanol–water partition coefficient (Wildman–Crippen LogP) is 5.67. The van der Waals surface area contributed by atoms with Crippen molar-refractivity contribution >= 4 is 34.7 Å². The Labute approximate surface area is 202 Å². The van der Waals surface area contributed by atoms with Crippen molar-refractivity contribution in [2.75, 3.05) is 4.90 Å². The smallest absolute Gasteiger partial charge is 0.300 e. The van der Waals surface area contributed by atoms with Crippen molar-refractivity contribution in [1.29, 1.82) is 0 Å². The van der Waals surface area contributed by atoms with Gasteiger partial charge in [0.15, 0.2) is 5.54 Å². The molecule has 5 nitrogen and oxygen atoms in total. The minimum atomic E-state index is -1.35. The van der Waals surface area contributed by atoms with Crippen molar-refractivity contribution < 1.29 is 14.3 Å². The number of amides is 1. The summed E-state index contributed by atoms with van der Waals surface area (Å²) in [5.74, 6) is -0.616. The van der Waals surface area contributed by atoms with Crippen LogP contribution in [0.4, 0.5) is 11.4 Å². The van der Waals surface area contributed by atoms with Gasteiger partial charge in [-0.1, -0.05) is 97.1 Å². The molecule has 4 aromatic carbocycles. The van der Waals surface area contributed by atoms with E-state index in [1.807, 2.05) is 121 Å². The first kappa shape index (κ1) is 20.8. The summed E-state index contributed by atoms with van der Waals surface area (Å²) >= 11 is 0. The van der Waals surface area contributed by atoms with Crippen LogP contribution < -0.4 is 4.90 Å². The number of hydrogen-bond acceptors (Lipinski definition) is 4. The van der Waals surface area contributed by atoms with Gasteiger partial charge in [-0.25, -0.2) is 4.99 Å². The fraction of sp³-hybridized carbons (Fsp3) is 0.0333. The van der Waals surface area contributed by atoms with Gasteiger partial charge >= 0.3 is 5.91 Å². The van der Waals surface area contributed by atoms with Gasteiger partial charge in [0, 0.05) is 11.3 Å². The second kappa shape index (κ2) is 8.22. The summed E-state index contributed by atoms with van der Waals surface area (Å²) < 4.78 is 6.46. The van der Waals surface area contributed by atoms with E-state index in [0.29, 0.717) is 22.7 Å². The molecule has 0 spiro atoms. The molecule has 0 aromatic heterocycles. The first-order valence-electron chi connectivity index (χ1n) is 11.3. The summed E-state index contributed by atoms with van der Waals surface area (Å²) in [6.07, 6.45) is 0. The van der Waals surface area contributed by atoms with E-state index in [9.17, 15) is 9.59 Å². The van der Waals surface area contributed by atoms with Gasteiger partial charge in [0.05, 0.1) is 11.3 Å². The maximum atomic E-state index is 13.7. The van der Waals surface area contributed by atoms with Gasteiger partial charge in [-0.15, -0.1) is 0 Å². The number of ether oxygens (including phenoxy) is 1. The zero-order chi connectivity index (χ0) is 23.8. The number of rotatable bonds is 4. The zero-order valence-electron chi connectivity index (χ0n) is 18.7. The van der Waals surface area contributed by atoms with Crippen molar-refractivity contribution in [2.24, 2.45) is 4.99 Å². The molecule has 4 aromatic rings. The fourth-order valence-corrected chi connectivity index (χ4v) is 4.81. The van der Waals surface area contributed by atoms with Gasteiger partial charge in [-0.05, 0) is 29.8 Å². The Kier molecular flexibility index (Phi) is 4.89. The Balaban J connectivity index is 1.73. The molecule has 1 amide bonds. The van der Waals surface area contributed by atoms with Crippen LogP contribution in [0.25, 0.3) is 5.76 Å². The molecule has 0 bridgehead atoms. The monoisotopic (exact) mass is 456 g/mol. The highest BCUT2D eigenvalue weighted by Gasteiger charge is 2.66. The number of aliphatic imine (C=N–C) groups is 1. The minimum Gasteiger partial charge on any atom is -0.438 e. The van der Waals surface area contributed by atoms with Gasteiger partial charge in [0.25, 0.3) is 5.78 Å². The molecule has 1 fully saturated rings. The van der Waals surface area contributed by atoms with Gasteiger partial charge in [0.1, 0.15) is 5.76 Å². The molecule has 5 heteroatoms. The van der Waals surface area contributed by atoms with E-state index >= 15 is 0 Å². The van der Waals surface area contributed by atoms with E-state index in [0.717, 1.165) is 5.56 Å². The fourth-order valence-electron chi connectivity index (χ4n) is 4.81. The number of benzene rings is 4. The molecular formula is C30H20N2O3. The molecule has 2 heterocycles. The summed E-state index contributed by atoms with van der Waals surface area (Å²) in [6, 6.07) is 37.5. The van der Waals surface area contributed by atoms with Crippen molar-refractivity contribution in [2.45, 2.75) is 5.54 Å². The molecular weight excluding hydrogens is 436 g/mol. The van der Waals surface area contributed by atoms with Crippen LogP contribution in [0.1, 0.15) is 11.1 Å². The zero-order valence-corrected chi connectivity index (χ0v) is 18.7. The van der Waals surface area contributed by atoms with E-state index in [4.69, 9.17) is 9.73 Å². The number of anilines is 1. The lowest BCUT2D eigenvalue weighted by atomic mass is 9.82. The highest BCUT2D eigenvalue weighted by molar-refractivity contribution is 6.55. The number of carbonyl (C=O) groups excluding carboxylic acids is 2. The minimum absolute atomic E-state index is 0.256. The molecule has 2 aliphatic heterocycles. The van der Waals surface area contributed by atoms with Crippen LogP contribution in [0.3, 0.4) is 0 Å². The Morgan fingerprint density at radius 1 is 0.657 bits per heavy atom. The Hall–Kier alpha value is -4.77. The summed E-state index contributed by atoms with van der Waals surface area (Å²) in [4.78, 5) is 33.9. The standard InChI is InChI=1S/C30H20N2O3/c33-26-25-27(21-13-5-1-6-14-21)35-29(31-23-17-9-3-10-18-23)30(25,22-15-7-2-8-16-22)32(28(26)34)24-19-11-4-12-20-24/h1-20H. The number of hydrogen-bond donors (Lipinski definition) is 0. The third-order valence-electron chi connectivity index (χ3n) is 6.29. The molecule has 0 N–H and O–H groups in total. The van der Waals surface area contributed by atoms with Gasteiger partial charge in [-0.3, -0.25) is 14.5 Å². The summed E-state index contributed by atoms with van der Waals surface area (Å²) in [7, 11) is 0. The number of para-hydroxylation sites is 2. The lowest BCUT2D eigenvalue weighted by Gasteiger charge is -2.35. The molecule has 0 saturated carbocycles. The lowest BCUT2D eigenvalue weighted by Crippen LogP contribution is -2.49.